The van der Waals surface area contributed by atoms with Gasteiger partial charge < -0.3 is 5.32 Å². The number of carbonyl (C=O) groups excluding carboxylic acids is 1. The number of rotatable bonds is 5. The summed E-state index contributed by atoms with van der Waals surface area (Å²) in [6.07, 6.45) is 1.89. The van der Waals surface area contributed by atoms with Crippen molar-refractivity contribution in [2.24, 2.45) is 0 Å². The van der Waals surface area contributed by atoms with E-state index in [1.54, 1.807) is 0 Å². The van der Waals surface area contributed by atoms with Crippen molar-refractivity contribution in [1.29, 1.82) is 0 Å². The van der Waals surface area contributed by atoms with Crippen LogP contribution < -0.4 is 5.32 Å². The normalized spacial score (nSPS) is 10.1. The lowest BCUT2D eigenvalue weighted by molar-refractivity contribution is 0.0957. The lowest BCUT2D eigenvalue weighted by Gasteiger charge is -2.03. The molecule has 0 aliphatic rings. The summed E-state index contributed by atoms with van der Waals surface area (Å²) >= 11 is 4.84. The first kappa shape index (κ1) is 11.7. The summed E-state index contributed by atoms with van der Waals surface area (Å²) in [5.74, 6) is 0.0674. The van der Waals surface area contributed by atoms with Gasteiger partial charge in [-0.15, -0.1) is 11.3 Å². The van der Waals surface area contributed by atoms with E-state index in [1.165, 1.54) is 11.3 Å². The van der Waals surface area contributed by atoms with Crippen LogP contribution in [0.5, 0.6) is 0 Å². The molecule has 0 saturated carbocycles. The van der Waals surface area contributed by atoms with Crippen LogP contribution in [-0.2, 0) is 6.42 Å². The van der Waals surface area contributed by atoms with Crippen molar-refractivity contribution < 1.29 is 4.79 Å². The fraction of sp³-hybridized carbons (Fsp3) is 0.500. The average molecular weight is 276 g/mol. The van der Waals surface area contributed by atoms with Gasteiger partial charge in [0.05, 0.1) is 4.88 Å². The minimum atomic E-state index is 0.0674. The van der Waals surface area contributed by atoms with Crippen molar-refractivity contribution in [1.82, 2.24) is 5.32 Å². The summed E-state index contributed by atoms with van der Waals surface area (Å²) in [7, 11) is 0. The zero-order valence-electron chi connectivity index (χ0n) is 8.18. The largest absolute Gasteiger partial charge is 0.351 e. The zero-order chi connectivity index (χ0) is 10.4. The van der Waals surface area contributed by atoms with Crippen LogP contribution in [0.2, 0.25) is 0 Å². The summed E-state index contributed by atoms with van der Waals surface area (Å²) in [6.45, 7) is 2.81. The van der Waals surface area contributed by atoms with E-state index >= 15 is 0 Å². The number of thiophene rings is 1. The Morgan fingerprint density at radius 2 is 2.43 bits per heavy atom. The topological polar surface area (TPSA) is 29.1 Å². The monoisotopic (exact) mass is 275 g/mol. The number of carbonyl (C=O) groups is 1. The lowest BCUT2D eigenvalue weighted by Crippen LogP contribution is -2.24. The molecule has 2 nitrogen and oxygen atoms in total. The minimum Gasteiger partial charge on any atom is -0.351 e. The van der Waals surface area contributed by atoms with Crippen LogP contribution >= 0.6 is 27.3 Å². The van der Waals surface area contributed by atoms with Crippen LogP contribution in [0.25, 0.3) is 0 Å². The molecule has 14 heavy (non-hydrogen) atoms. The molecule has 1 aromatic heterocycles. The Labute approximate surface area is 96.8 Å². The highest BCUT2D eigenvalue weighted by Crippen LogP contribution is 2.16. The number of amides is 1. The molecule has 1 amide bonds. The number of hydrogen-bond donors (Lipinski definition) is 1. The van der Waals surface area contributed by atoms with Crippen molar-refractivity contribution in [2.45, 2.75) is 19.8 Å². The molecule has 0 spiro atoms. The van der Waals surface area contributed by atoms with Crippen molar-refractivity contribution in [3.63, 3.8) is 0 Å². The molecule has 0 fully saturated rings. The SMILES string of the molecule is CCc1ccsc1C(=O)NCCCBr. The first-order valence-electron chi connectivity index (χ1n) is 4.70. The molecule has 0 bridgehead atoms. The van der Waals surface area contributed by atoms with E-state index in [0.717, 1.165) is 35.2 Å². The third-order valence-corrected chi connectivity index (χ3v) is 3.45. The fourth-order valence-electron chi connectivity index (χ4n) is 1.16. The van der Waals surface area contributed by atoms with Crippen molar-refractivity contribution >= 4 is 33.2 Å². The van der Waals surface area contributed by atoms with Gasteiger partial charge in [0, 0.05) is 11.9 Å². The molecule has 1 N–H and O–H groups in total. The molecule has 1 heterocycles. The second kappa shape index (κ2) is 6.19. The Bertz CT molecular complexity index is 298. The van der Waals surface area contributed by atoms with Crippen molar-refractivity contribution in [2.75, 3.05) is 11.9 Å². The van der Waals surface area contributed by atoms with Crippen LogP contribution in [0.15, 0.2) is 11.4 Å². The highest BCUT2D eigenvalue weighted by atomic mass is 79.9. The molecule has 0 saturated heterocycles. The van der Waals surface area contributed by atoms with E-state index in [4.69, 9.17) is 0 Å². The first-order valence-corrected chi connectivity index (χ1v) is 6.70. The number of hydrogen-bond acceptors (Lipinski definition) is 2. The van der Waals surface area contributed by atoms with Gasteiger partial charge in [0.1, 0.15) is 0 Å². The zero-order valence-corrected chi connectivity index (χ0v) is 10.6. The van der Waals surface area contributed by atoms with E-state index in [0.29, 0.717) is 0 Å². The predicted molar refractivity (Wildman–Crippen MR) is 64.4 cm³/mol. The molecule has 0 unspecified atom stereocenters. The number of halogens is 1. The van der Waals surface area contributed by atoms with E-state index in [9.17, 15) is 4.79 Å². The number of aryl methyl sites for hydroxylation is 1. The number of alkyl halides is 1. The molecule has 4 heteroatoms. The van der Waals surface area contributed by atoms with Gasteiger partial charge in [-0.25, -0.2) is 0 Å². The number of nitrogens with one attached hydrogen (secondary N) is 1. The van der Waals surface area contributed by atoms with Gasteiger partial charge in [-0.05, 0) is 29.9 Å². The Morgan fingerprint density at radius 3 is 3.07 bits per heavy atom. The molecule has 1 rings (SSSR count). The quantitative estimate of drug-likeness (QED) is 0.650. The summed E-state index contributed by atoms with van der Waals surface area (Å²) in [6, 6.07) is 2.02. The maximum Gasteiger partial charge on any atom is 0.261 e. The summed E-state index contributed by atoms with van der Waals surface area (Å²) in [5.41, 5.74) is 1.14. The van der Waals surface area contributed by atoms with Gasteiger partial charge >= 0.3 is 0 Å². The Kier molecular flexibility index (Phi) is 5.19. The van der Waals surface area contributed by atoms with E-state index in [1.807, 2.05) is 11.4 Å². The molecule has 0 radical (unpaired) electrons. The molecule has 0 aromatic carbocycles. The van der Waals surface area contributed by atoms with Gasteiger partial charge in [-0.1, -0.05) is 22.9 Å². The average Bonchev–Trinajstić information content (AvgIpc) is 2.65. The van der Waals surface area contributed by atoms with Gasteiger partial charge in [-0.2, -0.15) is 0 Å². The fourth-order valence-corrected chi connectivity index (χ4v) is 2.35. The Hall–Kier alpha value is -0.350. The maximum atomic E-state index is 11.6. The van der Waals surface area contributed by atoms with E-state index < -0.39 is 0 Å². The van der Waals surface area contributed by atoms with Crippen LogP contribution in [0.1, 0.15) is 28.6 Å². The summed E-state index contributed by atoms with van der Waals surface area (Å²) in [5, 5.41) is 5.80. The second-order valence-corrected chi connectivity index (χ2v) is 4.64. The minimum absolute atomic E-state index is 0.0674. The van der Waals surface area contributed by atoms with E-state index in [-0.39, 0.29) is 5.91 Å². The van der Waals surface area contributed by atoms with Gasteiger partial charge in [-0.3, -0.25) is 4.79 Å². The van der Waals surface area contributed by atoms with Crippen molar-refractivity contribution in [3.05, 3.63) is 21.9 Å². The highest BCUT2D eigenvalue weighted by Gasteiger charge is 2.10. The molecular weight excluding hydrogens is 262 g/mol. The van der Waals surface area contributed by atoms with Crippen LogP contribution in [-0.4, -0.2) is 17.8 Å². The lowest BCUT2D eigenvalue weighted by atomic mass is 10.2. The molecular formula is C10H14BrNOS. The van der Waals surface area contributed by atoms with Crippen LogP contribution in [0.4, 0.5) is 0 Å². The third kappa shape index (κ3) is 3.10. The smallest absolute Gasteiger partial charge is 0.261 e. The van der Waals surface area contributed by atoms with Gasteiger partial charge in [0.2, 0.25) is 0 Å². The molecule has 0 aliphatic heterocycles. The second-order valence-electron chi connectivity index (χ2n) is 2.93. The Morgan fingerprint density at radius 1 is 1.64 bits per heavy atom. The Balaban J connectivity index is 2.51. The standard InChI is InChI=1S/C10H14BrNOS/c1-2-8-4-7-14-9(8)10(13)12-6-3-5-11/h4,7H,2-3,5-6H2,1H3,(H,12,13). The van der Waals surface area contributed by atoms with Crippen LogP contribution in [0.3, 0.4) is 0 Å². The van der Waals surface area contributed by atoms with Gasteiger partial charge in [0.25, 0.3) is 5.91 Å². The summed E-state index contributed by atoms with van der Waals surface area (Å²) < 4.78 is 0. The molecule has 0 atom stereocenters. The third-order valence-electron chi connectivity index (χ3n) is 1.93. The molecule has 0 aliphatic carbocycles. The van der Waals surface area contributed by atoms with Crippen LogP contribution in [0, 0.1) is 0 Å². The molecule has 1 aromatic rings. The molecule has 78 valence electrons. The first-order chi connectivity index (χ1) is 6.79. The highest BCUT2D eigenvalue weighted by molar-refractivity contribution is 9.09. The van der Waals surface area contributed by atoms with Crippen molar-refractivity contribution in [3.8, 4) is 0 Å². The summed E-state index contributed by atoms with van der Waals surface area (Å²) in [4.78, 5) is 12.5. The van der Waals surface area contributed by atoms with E-state index in [2.05, 4.69) is 28.2 Å². The maximum absolute atomic E-state index is 11.6. The van der Waals surface area contributed by atoms with Gasteiger partial charge in [0.15, 0.2) is 0 Å². The predicted octanol–water partition coefficient (Wildman–Crippen LogP) is 2.83.